The van der Waals surface area contributed by atoms with Crippen LogP contribution in [0.15, 0.2) is 70.4 Å². The van der Waals surface area contributed by atoms with Gasteiger partial charge in [0.15, 0.2) is 5.78 Å². The van der Waals surface area contributed by atoms with E-state index in [0.29, 0.717) is 23.1 Å². The Bertz CT molecular complexity index is 990. The third-order valence-electron chi connectivity index (χ3n) is 6.83. The van der Waals surface area contributed by atoms with Crippen molar-refractivity contribution in [1.29, 1.82) is 0 Å². The van der Waals surface area contributed by atoms with Crippen LogP contribution in [0.5, 0.6) is 0 Å². The van der Waals surface area contributed by atoms with E-state index in [1.54, 1.807) is 6.92 Å². The van der Waals surface area contributed by atoms with Gasteiger partial charge in [-0.3, -0.25) is 9.59 Å². The van der Waals surface area contributed by atoms with Gasteiger partial charge in [-0.2, -0.15) is 0 Å². The van der Waals surface area contributed by atoms with Gasteiger partial charge in [0.05, 0.1) is 0 Å². The number of aryl methyl sites for hydroxylation is 1. The summed E-state index contributed by atoms with van der Waals surface area (Å²) in [5.41, 5.74) is 6.92. The molecule has 186 valence electrons. The third kappa shape index (κ3) is 9.41. The van der Waals surface area contributed by atoms with Crippen LogP contribution in [0, 0.1) is 17.8 Å². The SMILES string of the molecule is CC(C)=CCC(C)(C)C/C(C)=C/CC(C)(C)/C(C)=C/C/C(C=O)=C(\C)C(=O)c1ccccc1C. The van der Waals surface area contributed by atoms with Crippen molar-refractivity contribution in [2.45, 2.75) is 94.9 Å². The van der Waals surface area contributed by atoms with Crippen LogP contribution in [0.4, 0.5) is 0 Å². The predicted octanol–water partition coefficient (Wildman–Crippen LogP) is 9.16. The molecule has 0 saturated heterocycles. The number of aldehydes is 1. The Morgan fingerprint density at radius 2 is 1.50 bits per heavy atom. The Kier molecular flexibility index (Phi) is 11.2. The highest BCUT2D eigenvalue weighted by molar-refractivity contribution is 6.11. The van der Waals surface area contributed by atoms with E-state index in [4.69, 9.17) is 0 Å². The normalized spacial score (nSPS) is 13.9. The minimum absolute atomic E-state index is 0.0206. The van der Waals surface area contributed by atoms with Crippen LogP contribution in [0.3, 0.4) is 0 Å². The molecule has 0 aliphatic carbocycles. The summed E-state index contributed by atoms with van der Waals surface area (Å²) in [4.78, 5) is 24.8. The van der Waals surface area contributed by atoms with Crippen molar-refractivity contribution in [1.82, 2.24) is 0 Å². The zero-order valence-electron chi connectivity index (χ0n) is 23.3. The van der Waals surface area contributed by atoms with Gasteiger partial charge in [0, 0.05) is 16.7 Å². The Morgan fingerprint density at radius 3 is 2.06 bits per heavy atom. The maximum atomic E-state index is 12.9. The monoisotopic (exact) mass is 462 g/mol. The Hall–Kier alpha value is -2.48. The summed E-state index contributed by atoms with van der Waals surface area (Å²) < 4.78 is 0. The average Bonchev–Trinajstić information content (AvgIpc) is 2.76. The van der Waals surface area contributed by atoms with Crippen molar-refractivity contribution in [3.8, 4) is 0 Å². The molecule has 0 saturated carbocycles. The molecule has 0 aliphatic rings. The highest BCUT2D eigenvalue weighted by Gasteiger charge is 2.21. The lowest BCUT2D eigenvalue weighted by Gasteiger charge is -2.27. The highest BCUT2D eigenvalue weighted by atomic mass is 16.1. The maximum Gasteiger partial charge on any atom is 0.189 e. The lowest BCUT2D eigenvalue weighted by atomic mass is 9.78. The van der Waals surface area contributed by atoms with Crippen molar-refractivity contribution in [3.05, 3.63) is 81.5 Å². The fourth-order valence-electron chi connectivity index (χ4n) is 3.97. The van der Waals surface area contributed by atoms with Gasteiger partial charge in [0.2, 0.25) is 0 Å². The molecule has 1 rings (SSSR count). The molecule has 1 aromatic rings. The summed E-state index contributed by atoms with van der Waals surface area (Å²) in [6, 6.07) is 7.52. The number of carbonyl (C=O) groups is 2. The van der Waals surface area contributed by atoms with Crippen LogP contribution < -0.4 is 0 Å². The summed E-state index contributed by atoms with van der Waals surface area (Å²) in [5.74, 6) is -0.0696. The fraction of sp³-hybridized carbons (Fsp3) is 0.500. The van der Waals surface area contributed by atoms with E-state index < -0.39 is 0 Å². The molecule has 0 atom stereocenters. The van der Waals surface area contributed by atoms with E-state index in [1.807, 2.05) is 31.2 Å². The van der Waals surface area contributed by atoms with Gasteiger partial charge in [-0.25, -0.2) is 0 Å². The van der Waals surface area contributed by atoms with Gasteiger partial charge in [-0.15, -0.1) is 0 Å². The van der Waals surface area contributed by atoms with Gasteiger partial charge in [-0.05, 0) is 83.6 Å². The van der Waals surface area contributed by atoms with Crippen LogP contribution in [-0.2, 0) is 4.79 Å². The summed E-state index contributed by atoms with van der Waals surface area (Å²) in [6.07, 6.45) is 11.2. The van der Waals surface area contributed by atoms with E-state index in [0.717, 1.165) is 31.1 Å². The standard InChI is InChI=1S/C32H46O2/c1-23(2)17-19-31(7,8)21-24(3)18-20-32(9,10)26(5)15-16-28(22-33)27(6)30(34)29-14-12-11-13-25(29)4/h11-15,17-18,22H,16,19-21H2,1-10H3/b24-18+,26-15+,28-27-. The Balaban J connectivity index is 2.94. The second-order valence-corrected chi connectivity index (χ2v) is 11.5. The topological polar surface area (TPSA) is 34.1 Å². The van der Waals surface area contributed by atoms with Crippen LogP contribution >= 0.6 is 0 Å². The molecule has 34 heavy (non-hydrogen) atoms. The van der Waals surface area contributed by atoms with Crippen molar-refractivity contribution in [3.63, 3.8) is 0 Å². The quantitative estimate of drug-likeness (QED) is 0.134. The number of benzene rings is 1. The summed E-state index contributed by atoms with van der Waals surface area (Å²) in [6.45, 7) is 21.5. The number of hydrogen-bond donors (Lipinski definition) is 0. The van der Waals surface area contributed by atoms with Crippen molar-refractivity contribution in [2.24, 2.45) is 10.8 Å². The van der Waals surface area contributed by atoms with Gasteiger partial charge >= 0.3 is 0 Å². The second kappa shape index (κ2) is 12.8. The predicted molar refractivity (Wildman–Crippen MR) is 147 cm³/mol. The lowest BCUT2D eigenvalue weighted by molar-refractivity contribution is -0.105. The molecule has 0 bridgehead atoms. The molecular weight excluding hydrogens is 416 g/mol. The van der Waals surface area contributed by atoms with E-state index in [2.05, 4.69) is 73.6 Å². The number of hydrogen-bond acceptors (Lipinski definition) is 2. The molecule has 0 spiro atoms. The molecular formula is C32H46O2. The fourth-order valence-corrected chi connectivity index (χ4v) is 3.97. The van der Waals surface area contributed by atoms with Crippen LogP contribution in [-0.4, -0.2) is 12.1 Å². The van der Waals surface area contributed by atoms with Gasteiger partial charge < -0.3 is 0 Å². The summed E-state index contributed by atoms with van der Waals surface area (Å²) in [7, 11) is 0. The largest absolute Gasteiger partial charge is 0.298 e. The first kappa shape index (κ1) is 29.6. The first-order valence-electron chi connectivity index (χ1n) is 12.4. The first-order chi connectivity index (χ1) is 15.7. The molecule has 0 unspecified atom stereocenters. The number of allylic oxidation sites excluding steroid dienone is 8. The number of ketones is 1. The molecule has 0 aromatic heterocycles. The lowest BCUT2D eigenvalue weighted by Crippen LogP contribution is -2.14. The summed E-state index contributed by atoms with van der Waals surface area (Å²) >= 11 is 0. The van der Waals surface area contributed by atoms with Crippen molar-refractivity contribution >= 4 is 12.1 Å². The summed E-state index contributed by atoms with van der Waals surface area (Å²) in [5, 5.41) is 0. The van der Waals surface area contributed by atoms with E-state index in [1.165, 1.54) is 16.7 Å². The minimum Gasteiger partial charge on any atom is -0.298 e. The second-order valence-electron chi connectivity index (χ2n) is 11.5. The first-order valence-corrected chi connectivity index (χ1v) is 12.4. The molecule has 0 fully saturated rings. The maximum absolute atomic E-state index is 12.9. The number of carbonyl (C=O) groups excluding carboxylic acids is 2. The van der Waals surface area contributed by atoms with Crippen LogP contribution in [0.1, 0.15) is 104 Å². The van der Waals surface area contributed by atoms with Crippen LogP contribution in [0.2, 0.25) is 0 Å². The molecule has 0 amide bonds. The minimum atomic E-state index is -0.0696. The highest BCUT2D eigenvalue weighted by Crippen LogP contribution is 2.34. The average molecular weight is 463 g/mol. The van der Waals surface area contributed by atoms with E-state index >= 15 is 0 Å². The van der Waals surface area contributed by atoms with Crippen molar-refractivity contribution < 1.29 is 9.59 Å². The van der Waals surface area contributed by atoms with Gasteiger partial charge in [-0.1, -0.05) is 86.9 Å². The molecule has 0 heterocycles. The van der Waals surface area contributed by atoms with E-state index in [9.17, 15) is 9.59 Å². The smallest absolute Gasteiger partial charge is 0.189 e. The van der Waals surface area contributed by atoms with Crippen molar-refractivity contribution in [2.75, 3.05) is 0 Å². The Morgan fingerprint density at radius 1 is 0.882 bits per heavy atom. The number of rotatable bonds is 12. The van der Waals surface area contributed by atoms with Gasteiger partial charge in [0.25, 0.3) is 0 Å². The van der Waals surface area contributed by atoms with Gasteiger partial charge in [0.1, 0.15) is 6.29 Å². The molecule has 1 aromatic carbocycles. The zero-order valence-corrected chi connectivity index (χ0v) is 23.3. The Labute approximate surface area is 208 Å². The van der Waals surface area contributed by atoms with E-state index in [-0.39, 0.29) is 16.6 Å². The van der Waals surface area contributed by atoms with Crippen LogP contribution in [0.25, 0.3) is 0 Å². The molecule has 2 heteroatoms. The molecule has 2 nitrogen and oxygen atoms in total. The molecule has 0 aliphatic heterocycles. The number of Topliss-reactive ketones (excluding diaryl/α,β-unsaturated/α-hetero) is 1. The molecule has 0 N–H and O–H groups in total. The third-order valence-corrected chi connectivity index (χ3v) is 6.83. The molecule has 0 radical (unpaired) electrons. The zero-order chi connectivity index (χ0) is 26.1.